The van der Waals surface area contributed by atoms with Gasteiger partial charge in [0, 0.05) is 25.4 Å². The molecule has 1 fully saturated rings. The molecule has 0 spiro atoms. The minimum Gasteiger partial charge on any atom is -0.396 e. The van der Waals surface area contributed by atoms with Crippen LogP contribution in [0.3, 0.4) is 0 Å². The molecule has 7 heteroatoms. The Morgan fingerprint density at radius 1 is 1.42 bits per heavy atom. The number of halogens is 3. The van der Waals surface area contributed by atoms with Crippen LogP contribution in [0, 0.1) is 0 Å². The number of alkyl halides is 3. The van der Waals surface area contributed by atoms with Gasteiger partial charge in [0.15, 0.2) is 0 Å². The van der Waals surface area contributed by atoms with Crippen molar-refractivity contribution in [3.8, 4) is 0 Å². The molecule has 2 rings (SSSR count). The van der Waals surface area contributed by atoms with Crippen molar-refractivity contribution in [1.29, 1.82) is 0 Å². The van der Waals surface area contributed by atoms with Crippen LogP contribution in [0.2, 0.25) is 0 Å². The molecule has 106 valence electrons. The predicted molar refractivity (Wildman–Crippen MR) is 63.7 cm³/mol. The zero-order valence-electron chi connectivity index (χ0n) is 10.4. The minimum absolute atomic E-state index is 0.0911. The van der Waals surface area contributed by atoms with Crippen molar-refractivity contribution in [3.63, 3.8) is 0 Å². The average Bonchev–Trinajstić information content (AvgIpc) is 2.83. The predicted octanol–water partition coefficient (Wildman–Crippen LogP) is 2.24. The van der Waals surface area contributed by atoms with E-state index in [1.807, 2.05) is 4.90 Å². The van der Waals surface area contributed by atoms with E-state index in [4.69, 9.17) is 5.11 Å². The van der Waals surface area contributed by atoms with Crippen LogP contribution in [-0.2, 0) is 6.18 Å². The number of aliphatic hydroxyl groups is 1. The molecule has 0 radical (unpaired) electrons. The summed E-state index contributed by atoms with van der Waals surface area (Å²) in [7, 11) is 0. The maximum Gasteiger partial charge on any atom is 0.433 e. The Morgan fingerprint density at radius 3 is 2.89 bits per heavy atom. The number of rotatable bonds is 4. The molecule has 1 N–H and O–H groups in total. The first-order chi connectivity index (χ1) is 9.02. The molecule has 0 saturated carbocycles. The van der Waals surface area contributed by atoms with Gasteiger partial charge < -0.3 is 10.0 Å². The molecule has 1 aliphatic heterocycles. The Morgan fingerprint density at radius 2 is 2.21 bits per heavy atom. The Labute approximate surface area is 109 Å². The number of aliphatic hydroxyl groups excluding tert-OH is 1. The molecule has 1 unspecified atom stereocenters. The normalized spacial score (nSPS) is 20.0. The molecule has 4 nitrogen and oxygen atoms in total. The first-order valence-corrected chi connectivity index (χ1v) is 6.30. The van der Waals surface area contributed by atoms with Crippen LogP contribution < -0.4 is 4.90 Å². The highest BCUT2D eigenvalue weighted by Crippen LogP contribution is 2.30. The van der Waals surface area contributed by atoms with Gasteiger partial charge in [-0.25, -0.2) is 9.97 Å². The lowest BCUT2D eigenvalue weighted by molar-refractivity contribution is -0.141. The largest absolute Gasteiger partial charge is 0.433 e. The fourth-order valence-corrected chi connectivity index (χ4v) is 2.37. The first kappa shape index (κ1) is 14.0. The van der Waals surface area contributed by atoms with Gasteiger partial charge in [-0.05, 0) is 31.7 Å². The van der Waals surface area contributed by atoms with Gasteiger partial charge in [0.2, 0.25) is 5.95 Å². The molecule has 0 bridgehead atoms. The van der Waals surface area contributed by atoms with Crippen molar-refractivity contribution < 1.29 is 18.3 Å². The second-order valence-electron chi connectivity index (χ2n) is 4.59. The van der Waals surface area contributed by atoms with Gasteiger partial charge in [0.25, 0.3) is 0 Å². The van der Waals surface area contributed by atoms with Crippen LogP contribution in [0.4, 0.5) is 19.1 Å². The topological polar surface area (TPSA) is 49.2 Å². The fourth-order valence-electron chi connectivity index (χ4n) is 2.37. The number of nitrogens with zero attached hydrogens (tertiary/aromatic N) is 3. The summed E-state index contributed by atoms with van der Waals surface area (Å²) in [5, 5.41) is 8.84. The van der Waals surface area contributed by atoms with Crippen molar-refractivity contribution in [2.24, 2.45) is 0 Å². The summed E-state index contributed by atoms with van der Waals surface area (Å²) in [6.45, 7) is 0.755. The van der Waals surface area contributed by atoms with E-state index in [2.05, 4.69) is 9.97 Å². The molecule has 1 aliphatic rings. The summed E-state index contributed by atoms with van der Waals surface area (Å²) in [5.74, 6) is 0.135. The lowest BCUT2D eigenvalue weighted by atomic mass is 10.1. The third-order valence-corrected chi connectivity index (χ3v) is 3.26. The summed E-state index contributed by atoms with van der Waals surface area (Å²) in [6.07, 6.45) is -0.101. The molecule has 1 atom stereocenters. The van der Waals surface area contributed by atoms with Gasteiger partial charge in [-0.2, -0.15) is 13.2 Å². The molecule has 1 aromatic rings. The SMILES string of the molecule is OCCCC1CCCN1c1nccc(C(F)(F)F)n1. The summed E-state index contributed by atoms with van der Waals surface area (Å²) >= 11 is 0. The van der Waals surface area contributed by atoms with Crippen LogP contribution in [0.15, 0.2) is 12.3 Å². The maximum absolute atomic E-state index is 12.6. The van der Waals surface area contributed by atoms with E-state index < -0.39 is 11.9 Å². The van der Waals surface area contributed by atoms with Gasteiger partial charge in [0.1, 0.15) is 5.69 Å². The standard InChI is InChI=1S/C12H16F3N3O/c13-12(14,15)10-5-6-16-11(17-10)18-7-1-3-9(18)4-2-8-19/h5-6,9,19H,1-4,7-8H2. The summed E-state index contributed by atoms with van der Waals surface area (Å²) < 4.78 is 37.8. The van der Waals surface area contributed by atoms with Gasteiger partial charge in [-0.1, -0.05) is 0 Å². The van der Waals surface area contributed by atoms with E-state index in [1.54, 1.807) is 0 Å². The molecular formula is C12H16F3N3O. The number of anilines is 1. The van der Waals surface area contributed by atoms with Gasteiger partial charge >= 0.3 is 6.18 Å². The van der Waals surface area contributed by atoms with Crippen molar-refractivity contribution in [2.45, 2.75) is 37.9 Å². The van der Waals surface area contributed by atoms with Crippen molar-refractivity contribution in [3.05, 3.63) is 18.0 Å². The molecule has 19 heavy (non-hydrogen) atoms. The summed E-state index contributed by atoms with van der Waals surface area (Å²) in [6, 6.07) is 0.998. The Hall–Kier alpha value is -1.37. The van der Waals surface area contributed by atoms with Gasteiger partial charge in [-0.15, -0.1) is 0 Å². The lowest BCUT2D eigenvalue weighted by Crippen LogP contribution is -2.31. The van der Waals surface area contributed by atoms with Crippen LogP contribution in [0.1, 0.15) is 31.4 Å². The molecule has 2 heterocycles. The summed E-state index contributed by atoms with van der Waals surface area (Å²) in [5.41, 5.74) is -0.912. The Bertz CT molecular complexity index is 425. The monoisotopic (exact) mass is 275 g/mol. The fraction of sp³-hybridized carbons (Fsp3) is 0.667. The summed E-state index contributed by atoms with van der Waals surface area (Å²) in [4.78, 5) is 9.37. The van der Waals surface area contributed by atoms with Crippen LogP contribution in [0.25, 0.3) is 0 Å². The highest BCUT2D eigenvalue weighted by atomic mass is 19.4. The Balaban J connectivity index is 2.16. The quantitative estimate of drug-likeness (QED) is 0.915. The lowest BCUT2D eigenvalue weighted by Gasteiger charge is -2.24. The number of aromatic nitrogens is 2. The van der Waals surface area contributed by atoms with Gasteiger partial charge in [-0.3, -0.25) is 0 Å². The second-order valence-corrected chi connectivity index (χ2v) is 4.59. The average molecular weight is 275 g/mol. The van der Waals surface area contributed by atoms with E-state index in [1.165, 1.54) is 0 Å². The molecule has 0 aliphatic carbocycles. The van der Waals surface area contributed by atoms with Gasteiger partial charge in [0.05, 0.1) is 0 Å². The van der Waals surface area contributed by atoms with Crippen LogP contribution >= 0.6 is 0 Å². The highest BCUT2D eigenvalue weighted by Gasteiger charge is 2.34. The molecule has 0 amide bonds. The zero-order valence-corrected chi connectivity index (χ0v) is 10.4. The molecular weight excluding hydrogens is 259 g/mol. The van der Waals surface area contributed by atoms with E-state index in [-0.39, 0.29) is 18.6 Å². The van der Waals surface area contributed by atoms with E-state index >= 15 is 0 Å². The molecule has 0 aromatic carbocycles. The second kappa shape index (κ2) is 5.73. The maximum atomic E-state index is 12.6. The zero-order chi connectivity index (χ0) is 13.9. The van der Waals surface area contributed by atoms with Crippen LogP contribution in [0.5, 0.6) is 0 Å². The first-order valence-electron chi connectivity index (χ1n) is 6.30. The smallest absolute Gasteiger partial charge is 0.396 e. The molecule has 1 saturated heterocycles. The minimum atomic E-state index is -4.45. The Kier molecular flexibility index (Phi) is 4.24. The van der Waals surface area contributed by atoms with Crippen molar-refractivity contribution >= 4 is 5.95 Å². The number of hydrogen-bond donors (Lipinski definition) is 1. The number of hydrogen-bond acceptors (Lipinski definition) is 4. The third kappa shape index (κ3) is 3.34. The van der Waals surface area contributed by atoms with E-state index in [0.29, 0.717) is 13.0 Å². The van der Waals surface area contributed by atoms with E-state index in [9.17, 15) is 13.2 Å². The van der Waals surface area contributed by atoms with Crippen LogP contribution in [-0.4, -0.2) is 34.3 Å². The molecule has 1 aromatic heterocycles. The third-order valence-electron chi connectivity index (χ3n) is 3.26. The van der Waals surface area contributed by atoms with Crippen molar-refractivity contribution in [2.75, 3.05) is 18.1 Å². The van der Waals surface area contributed by atoms with E-state index in [0.717, 1.165) is 31.5 Å². The van der Waals surface area contributed by atoms with Crippen molar-refractivity contribution in [1.82, 2.24) is 9.97 Å². The highest BCUT2D eigenvalue weighted by molar-refractivity contribution is 5.34.